The zero-order valence-corrected chi connectivity index (χ0v) is 14.9. The topological polar surface area (TPSA) is 90.0 Å². The van der Waals surface area contributed by atoms with E-state index in [2.05, 4.69) is 33.4 Å². The lowest BCUT2D eigenvalue weighted by Gasteiger charge is -2.19. The third-order valence-electron chi connectivity index (χ3n) is 4.12. The van der Waals surface area contributed by atoms with Crippen LogP contribution in [-0.4, -0.2) is 35.7 Å². The smallest absolute Gasteiger partial charge is 0.150 e. The largest absolute Gasteiger partial charge is 0.271 e. The fraction of sp³-hybridized carbons (Fsp3) is 0.769. The van der Waals surface area contributed by atoms with Crippen molar-refractivity contribution in [2.45, 2.75) is 38.6 Å². The molecule has 0 saturated carbocycles. The summed E-state index contributed by atoms with van der Waals surface area (Å²) >= 11 is 3.60. The summed E-state index contributed by atoms with van der Waals surface area (Å²) in [6.07, 6.45) is 3.12. The standard InChI is InChI=1S/C13H23BrN4O2S/c1-3-11-13(14)12(18(2)17-11)7-10(16-15)6-9-4-5-21(19,20)8-9/h9-10,16H,3-8,15H2,1-2H3. The second-order valence-electron chi connectivity index (χ2n) is 5.76. The van der Waals surface area contributed by atoms with Crippen molar-refractivity contribution in [3.8, 4) is 0 Å². The van der Waals surface area contributed by atoms with Gasteiger partial charge in [-0.1, -0.05) is 6.92 Å². The first-order chi connectivity index (χ1) is 9.86. The Morgan fingerprint density at radius 3 is 2.76 bits per heavy atom. The maximum absolute atomic E-state index is 11.5. The summed E-state index contributed by atoms with van der Waals surface area (Å²) in [6, 6.07) is 0.0553. The Morgan fingerprint density at radius 2 is 2.29 bits per heavy atom. The fourth-order valence-electron chi connectivity index (χ4n) is 2.95. The van der Waals surface area contributed by atoms with Gasteiger partial charge in [-0.3, -0.25) is 16.0 Å². The van der Waals surface area contributed by atoms with Crippen molar-refractivity contribution in [2.75, 3.05) is 11.5 Å². The predicted molar refractivity (Wildman–Crippen MR) is 86.5 cm³/mol. The highest BCUT2D eigenvalue weighted by Gasteiger charge is 2.30. The number of aromatic nitrogens is 2. The average Bonchev–Trinajstić information content (AvgIpc) is 2.90. The number of sulfone groups is 1. The molecular formula is C13H23BrN4O2S. The zero-order chi connectivity index (χ0) is 15.6. The molecule has 1 aliphatic heterocycles. The molecule has 0 aromatic carbocycles. The van der Waals surface area contributed by atoms with E-state index in [0.29, 0.717) is 5.75 Å². The lowest BCUT2D eigenvalue weighted by atomic mass is 9.96. The molecule has 6 nitrogen and oxygen atoms in total. The Hall–Kier alpha value is -0.440. The molecular weight excluding hydrogens is 356 g/mol. The van der Waals surface area contributed by atoms with Gasteiger partial charge < -0.3 is 0 Å². The van der Waals surface area contributed by atoms with Crippen molar-refractivity contribution in [1.82, 2.24) is 15.2 Å². The lowest BCUT2D eigenvalue weighted by Crippen LogP contribution is -2.39. The van der Waals surface area contributed by atoms with Gasteiger partial charge >= 0.3 is 0 Å². The number of hydrogen-bond acceptors (Lipinski definition) is 5. The van der Waals surface area contributed by atoms with Crippen molar-refractivity contribution in [2.24, 2.45) is 18.8 Å². The number of rotatable bonds is 6. The Morgan fingerprint density at radius 1 is 1.57 bits per heavy atom. The molecule has 120 valence electrons. The van der Waals surface area contributed by atoms with E-state index in [1.165, 1.54) is 0 Å². The van der Waals surface area contributed by atoms with Crippen LogP contribution < -0.4 is 11.3 Å². The van der Waals surface area contributed by atoms with Crippen molar-refractivity contribution in [3.05, 3.63) is 15.9 Å². The van der Waals surface area contributed by atoms with E-state index in [-0.39, 0.29) is 17.7 Å². The van der Waals surface area contributed by atoms with Crippen LogP contribution >= 0.6 is 15.9 Å². The minimum Gasteiger partial charge on any atom is -0.271 e. The Balaban J connectivity index is 2.04. The van der Waals surface area contributed by atoms with Crippen LogP contribution in [0.3, 0.4) is 0 Å². The molecule has 0 aliphatic carbocycles. The SMILES string of the molecule is CCc1nn(C)c(CC(CC2CCS(=O)(=O)C2)NN)c1Br. The van der Waals surface area contributed by atoms with E-state index < -0.39 is 9.84 Å². The summed E-state index contributed by atoms with van der Waals surface area (Å²) in [6.45, 7) is 2.07. The van der Waals surface area contributed by atoms with Gasteiger partial charge in [0.05, 0.1) is 27.4 Å². The maximum Gasteiger partial charge on any atom is 0.150 e. The van der Waals surface area contributed by atoms with Crippen LogP contribution in [0.4, 0.5) is 0 Å². The quantitative estimate of drug-likeness (QED) is 0.567. The van der Waals surface area contributed by atoms with Crippen molar-refractivity contribution in [3.63, 3.8) is 0 Å². The molecule has 8 heteroatoms. The predicted octanol–water partition coefficient (Wildman–Crippen LogP) is 0.944. The molecule has 1 aliphatic rings. The zero-order valence-electron chi connectivity index (χ0n) is 12.5. The highest BCUT2D eigenvalue weighted by Crippen LogP contribution is 2.27. The van der Waals surface area contributed by atoms with Gasteiger partial charge in [-0.25, -0.2) is 8.42 Å². The molecule has 1 fully saturated rings. The van der Waals surface area contributed by atoms with Crippen LogP contribution in [0.2, 0.25) is 0 Å². The molecule has 21 heavy (non-hydrogen) atoms. The summed E-state index contributed by atoms with van der Waals surface area (Å²) < 4.78 is 26.0. The third kappa shape index (κ3) is 4.06. The van der Waals surface area contributed by atoms with E-state index >= 15 is 0 Å². The average molecular weight is 379 g/mol. The van der Waals surface area contributed by atoms with Crippen LogP contribution in [-0.2, 0) is 29.7 Å². The number of nitrogens with one attached hydrogen (secondary N) is 1. The molecule has 2 rings (SSSR count). The van der Waals surface area contributed by atoms with Crippen LogP contribution in [0, 0.1) is 5.92 Å². The molecule has 1 aromatic heterocycles. The minimum absolute atomic E-state index is 0.0553. The van der Waals surface area contributed by atoms with Crippen LogP contribution in [0.25, 0.3) is 0 Å². The summed E-state index contributed by atoms with van der Waals surface area (Å²) in [4.78, 5) is 0. The highest BCUT2D eigenvalue weighted by molar-refractivity contribution is 9.10. The third-order valence-corrected chi connectivity index (χ3v) is 6.88. The van der Waals surface area contributed by atoms with Gasteiger partial charge in [0.15, 0.2) is 9.84 Å². The van der Waals surface area contributed by atoms with Gasteiger partial charge in [0.2, 0.25) is 0 Å². The van der Waals surface area contributed by atoms with E-state index in [1.54, 1.807) is 0 Å². The normalized spacial score (nSPS) is 22.6. The molecule has 1 saturated heterocycles. The Labute approximate surface area is 134 Å². The Kier molecular flexibility index (Phi) is 5.45. The first-order valence-corrected chi connectivity index (χ1v) is 9.84. The van der Waals surface area contributed by atoms with Crippen molar-refractivity contribution >= 4 is 25.8 Å². The van der Waals surface area contributed by atoms with Crippen LogP contribution in [0.15, 0.2) is 4.47 Å². The summed E-state index contributed by atoms with van der Waals surface area (Å²) in [5, 5.41) is 4.48. The number of halogens is 1. The Bertz CT molecular complexity index is 600. The van der Waals surface area contributed by atoms with E-state index in [4.69, 9.17) is 5.84 Å². The molecule has 3 N–H and O–H groups in total. The lowest BCUT2D eigenvalue weighted by molar-refractivity contribution is 0.401. The number of hydrazine groups is 1. The van der Waals surface area contributed by atoms with Crippen LogP contribution in [0.5, 0.6) is 0 Å². The van der Waals surface area contributed by atoms with Gasteiger partial charge in [0.1, 0.15) is 0 Å². The van der Waals surface area contributed by atoms with Crippen molar-refractivity contribution < 1.29 is 8.42 Å². The van der Waals surface area contributed by atoms with Crippen molar-refractivity contribution in [1.29, 1.82) is 0 Å². The van der Waals surface area contributed by atoms with Gasteiger partial charge in [0.25, 0.3) is 0 Å². The first-order valence-electron chi connectivity index (χ1n) is 7.23. The number of aryl methyl sites for hydroxylation is 2. The highest BCUT2D eigenvalue weighted by atomic mass is 79.9. The second kappa shape index (κ2) is 6.76. The van der Waals surface area contributed by atoms with E-state index in [9.17, 15) is 8.42 Å². The number of hydrogen-bond donors (Lipinski definition) is 2. The molecule has 0 amide bonds. The molecule has 1 aromatic rings. The van der Waals surface area contributed by atoms with Gasteiger partial charge in [-0.2, -0.15) is 5.10 Å². The van der Waals surface area contributed by atoms with E-state index in [0.717, 1.165) is 41.5 Å². The number of nitrogens with zero attached hydrogens (tertiary/aromatic N) is 2. The molecule has 0 radical (unpaired) electrons. The molecule has 0 spiro atoms. The summed E-state index contributed by atoms with van der Waals surface area (Å²) in [7, 11) is -0.910. The van der Waals surface area contributed by atoms with E-state index in [1.807, 2.05) is 11.7 Å². The molecule has 0 bridgehead atoms. The van der Waals surface area contributed by atoms with Gasteiger partial charge in [0, 0.05) is 19.5 Å². The van der Waals surface area contributed by atoms with Crippen LogP contribution in [0.1, 0.15) is 31.2 Å². The second-order valence-corrected chi connectivity index (χ2v) is 8.78. The summed E-state index contributed by atoms with van der Waals surface area (Å²) in [5.74, 6) is 6.46. The van der Waals surface area contributed by atoms with Gasteiger partial charge in [-0.05, 0) is 41.1 Å². The molecule has 2 heterocycles. The number of nitrogens with two attached hydrogens (primary N) is 1. The maximum atomic E-state index is 11.5. The minimum atomic E-state index is -2.83. The molecule has 2 atom stereocenters. The molecule has 2 unspecified atom stereocenters. The monoisotopic (exact) mass is 378 g/mol. The fourth-order valence-corrected chi connectivity index (χ4v) is 5.60. The first kappa shape index (κ1) is 16.9. The van der Waals surface area contributed by atoms with Gasteiger partial charge in [-0.15, -0.1) is 0 Å². The summed E-state index contributed by atoms with van der Waals surface area (Å²) in [5.41, 5.74) is 4.96.